The van der Waals surface area contributed by atoms with Crippen molar-refractivity contribution in [1.29, 1.82) is 5.26 Å². The van der Waals surface area contributed by atoms with Crippen LogP contribution in [0.25, 0.3) is 0 Å². The Labute approximate surface area is 123 Å². The summed E-state index contributed by atoms with van der Waals surface area (Å²) in [7, 11) is 0. The molecular formula is C15H17N5O. The standard InChI is InChI=1S/C15H17N5O/c1-10-15(17)11(2)20(19-10)9-14(21)18-13-5-3-12(4-6-13)7-8-16/h3-6H,7,9,17H2,1-2H3,(H,18,21). The molecule has 21 heavy (non-hydrogen) atoms. The number of nitrogen functional groups attached to an aromatic ring is 1. The maximum atomic E-state index is 12.0. The predicted octanol–water partition coefficient (Wildman–Crippen LogP) is 1.79. The molecule has 0 aliphatic rings. The van der Waals surface area contributed by atoms with E-state index in [1.165, 1.54) is 0 Å². The molecule has 108 valence electrons. The van der Waals surface area contributed by atoms with Crippen molar-refractivity contribution in [3.8, 4) is 6.07 Å². The summed E-state index contributed by atoms with van der Waals surface area (Å²) < 4.78 is 1.59. The van der Waals surface area contributed by atoms with Gasteiger partial charge in [0.25, 0.3) is 0 Å². The van der Waals surface area contributed by atoms with Gasteiger partial charge in [-0.2, -0.15) is 10.4 Å². The number of amides is 1. The van der Waals surface area contributed by atoms with E-state index in [1.54, 1.807) is 16.8 Å². The number of rotatable bonds is 4. The lowest BCUT2D eigenvalue weighted by Crippen LogP contribution is -2.20. The molecule has 1 heterocycles. The van der Waals surface area contributed by atoms with Crippen molar-refractivity contribution in [2.45, 2.75) is 26.8 Å². The predicted molar refractivity (Wildman–Crippen MR) is 80.5 cm³/mol. The van der Waals surface area contributed by atoms with Gasteiger partial charge in [-0.3, -0.25) is 9.48 Å². The van der Waals surface area contributed by atoms with E-state index in [0.717, 1.165) is 17.0 Å². The molecule has 0 spiro atoms. The minimum absolute atomic E-state index is 0.115. The fourth-order valence-corrected chi connectivity index (χ4v) is 2.00. The largest absolute Gasteiger partial charge is 0.396 e. The molecule has 0 bridgehead atoms. The number of hydrogen-bond acceptors (Lipinski definition) is 4. The number of nitrogens with two attached hydrogens (primary N) is 1. The topological polar surface area (TPSA) is 96.7 Å². The summed E-state index contributed by atoms with van der Waals surface area (Å²) in [6.07, 6.45) is 0.360. The first-order chi connectivity index (χ1) is 10.0. The molecule has 0 saturated heterocycles. The molecule has 2 rings (SSSR count). The third kappa shape index (κ3) is 3.39. The molecule has 3 N–H and O–H groups in total. The molecular weight excluding hydrogens is 266 g/mol. The summed E-state index contributed by atoms with van der Waals surface area (Å²) >= 11 is 0. The second-order valence-corrected chi connectivity index (χ2v) is 4.82. The zero-order valence-corrected chi connectivity index (χ0v) is 12.1. The Morgan fingerprint density at radius 3 is 2.57 bits per heavy atom. The molecule has 6 heteroatoms. The van der Waals surface area contributed by atoms with Gasteiger partial charge in [0.05, 0.1) is 29.6 Å². The molecule has 1 aromatic carbocycles. The number of nitrogens with zero attached hydrogens (tertiary/aromatic N) is 3. The van der Waals surface area contributed by atoms with Crippen LogP contribution in [0.1, 0.15) is 17.0 Å². The number of benzene rings is 1. The van der Waals surface area contributed by atoms with Crippen molar-refractivity contribution >= 4 is 17.3 Å². The highest BCUT2D eigenvalue weighted by Gasteiger charge is 2.11. The molecule has 1 aromatic heterocycles. The molecule has 0 radical (unpaired) electrons. The highest BCUT2D eigenvalue weighted by molar-refractivity contribution is 5.90. The Kier molecular flexibility index (Phi) is 4.24. The van der Waals surface area contributed by atoms with E-state index in [0.29, 0.717) is 17.8 Å². The van der Waals surface area contributed by atoms with Crippen LogP contribution in [0.15, 0.2) is 24.3 Å². The third-order valence-corrected chi connectivity index (χ3v) is 3.25. The minimum Gasteiger partial charge on any atom is -0.396 e. The number of carbonyl (C=O) groups excluding carboxylic acids is 1. The van der Waals surface area contributed by atoms with Crippen LogP contribution in [-0.2, 0) is 17.8 Å². The number of nitrogens with one attached hydrogen (secondary N) is 1. The Balaban J connectivity index is 2.01. The normalized spacial score (nSPS) is 10.1. The molecule has 1 amide bonds. The average molecular weight is 283 g/mol. The van der Waals surface area contributed by atoms with Gasteiger partial charge >= 0.3 is 0 Å². The lowest BCUT2D eigenvalue weighted by molar-refractivity contribution is -0.116. The zero-order chi connectivity index (χ0) is 15.4. The molecule has 2 aromatic rings. The summed E-state index contributed by atoms with van der Waals surface area (Å²) in [6.45, 7) is 3.76. The van der Waals surface area contributed by atoms with Gasteiger partial charge in [-0.05, 0) is 31.5 Å². The lowest BCUT2D eigenvalue weighted by atomic mass is 10.1. The first-order valence-electron chi connectivity index (χ1n) is 6.56. The van der Waals surface area contributed by atoms with Crippen LogP contribution in [0.3, 0.4) is 0 Å². The highest BCUT2D eigenvalue weighted by Crippen LogP contribution is 2.15. The quantitative estimate of drug-likeness (QED) is 0.893. The Hall–Kier alpha value is -2.81. The molecule has 6 nitrogen and oxygen atoms in total. The Morgan fingerprint density at radius 1 is 1.38 bits per heavy atom. The van der Waals surface area contributed by atoms with Gasteiger partial charge in [0.15, 0.2) is 0 Å². The fourth-order valence-electron chi connectivity index (χ4n) is 2.00. The summed E-state index contributed by atoms with van der Waals surface area (Å²) in [5.41, 5.74) is 9.57. The van der Waals surface area contributed by atoms with Crippen molar-refractivity contribution < 1.29 is 4.79 Å². The number of anilines is 2. The lowest BCUT2D eigenvalue weighted by Gasteiger charge is -2.07. The molecule has 0 unspecified atom stereocenters. The SMILES string of the molecule is Cc1nn(CC(=O)Nc2ccc(CC#N)cc2)c(C)c1N. The number of hydrogen-bond donors (Lipinski definition) is 2. The van der Waals surface area contributed by atoms with E-state index >= 15 is 0 Å². The number of carbonyl (C=O) groups is 1. The minimum atomic E-state index is -0.173. The number of aromatic nitrogens is 2. The second-order valence-electron chi connectivity index (χ2n) is 4.82. The van der Waals surface area contributed by atoms with Gasteiger partial charge in [0, 0.05) is 5.69 Å². The van der Waals surface area contributed by atoms with Gasteiger partial charge in [0.2, 0.25) is 5.91 Å². The van der Waals surface area contributed by atoms with Gasteiger partial charge in [-0.1, -0.05) is 12.1 Å². The molecule has 0 fully saturated rings. The first-order valence-corrected chi connectivity index (χ1v) is 6.56. The van der Waals surface area contributed by atoms with E-state index < -0.39 is 0 Å². The number of nitriles is 1. The summed E-state index contributed by atoms with van der Waals surface area (Å²) in [4.78, 5) is 12.0. The Bertz CT molecular complexity index is 694. The monoisotopic (exact) mass is 283 g/mol. The van der Waals surface area contributed by atoms with Crippen LogP contribution in [0.4, 0.5) is 11.4 Å². The van der Waals surface area contributed by atoms with Gasteiger partial charge in [0.1, 0.15) is 6.54 Å². The third-order valence-electron chi connectivity index (χ3n) is 3.25. The first kappa shape index (κ1) is 14.6. The average Bonchev–Trinajstić information content (AvgIpc) is 2.69. The van der Waals surface area contributed by atoms with E-state index in [9.17, 15) is 4.79 Å². The highest BCUT2D eigenvalue weighted by atomic mass is 16.2. The van der Waals surface area contributed by atoms with Crippen molar-refractivity contribution in [1.82, 2.24) is 9.78 Å². The van der Waals surface area contributed by atoms with Crippen LogP contribution < -0.4 is 11.1 Å². The van der Waals surface area contributed by atoms with Gasteiger partial charge < -0.3 is 11.1 Å². The van der Waals surface area contributed by atoms with Gasteiger partial charge in [-0.15, -0.1) is 0 Å². The van der Waals surface area contributed by atoms with Crippen molar-refractivity contribution in [2.75, 3.05) is 11.1 Å². The van der Waals surface area contributed by atoms with Crippen LogP contribution in [0.5, 0.6) is 0 Å². The summed E-state index contributed by atoms with van der Waals surface area (Å²) in [5.74, 6) is -0.173. The Morgan fingerprint density at radius 2 is 2.05 bits per heavy atom. The molecule has 0 aliphatic heterocycles. The van der Waals surface area contributed by atoms with E-state index in [4.69, 9.17) is 11.0 Å². The smallest absolute Gasteiger partial charge is 0.246 e. The van der Waals surface area contributed by atoms with E-state index in [-0.39, 0.29) is 12.5 Å². The second kappa shape index (κ2) is 6.09. The summed E-state index contributed by atoms with van der Waals surface area (Å²) in [6, 6.07) is 9.27. The van der Waals surface area contributed by atoms with Crippen molar-refractivity contribution in [2.24, 2.45) is 0 Å². The van der Waals surface area contributed by atoms with E-state index in [2.05, 4.69) is 16.5 Å². The molecule has 0 saturated carbocycles. The van der Waals surface area contributed by atoms with Crippen LogP contribution in [-0.4, -0.2) is 15.7 Å². The van der Waals surface area contributed by atoms with Gasteiger partial charge in [-0.25, -0.2) is 0 Å². The molecule has 0 aliphatic carbocycles. The maximum absolute atomic E-state index is 12.0. The van der Waals surface area contributed by atoms with Crippen molar-refractivity contribution in [3.63, 3.8) is 0 Å². The number of aryl methyl sites for hydroxylation is 1. The van der Waals surface area contributed by atoms with Crippen LogP contribution >= 0.6 is 0 Å². The van der Waals surface area contributed by atoms with Crippen LogP contribution in [0.2, 0.25) is 0 Å². The van der Waals surface area contributed by atoms with E-state index in [1.807, 2.05) is 26.0 Å². The maximum Gasteiger partial charge on any atom is 0.246 e. The fraction of sp³-hybridized carbons (Fsp3) is 0.267. The molecule has 0 atom stereocenters. The van der Waals surface area contributed by atoms with Crippen LogP contribution in [0, 0.1) is 25.2 Å². The zero-order valence-electron chi connectivity index (χ0n) is 12.1. The van der Waals surface area contributed by atoms with Crippen molar-refractivity contribution in [3.05, 3.63) is 41.2 Å². The summed E-state index contributed by atoms with van der Waals surface area (Å²) in [5, 5.41) is 15.6.